The standard InChI is InChI=1S/C10H20N2O4S/c1-10(2,3)8(6-9(13)14)12-17(15,16)11-7-4-5-7/h7-8,11-12H,4-6H2,1-3H3,(H,13,14). The van der Waals surface area contributed by atoms with E-state index in [2.05, 4.69) is 9.44 Å². The van der Waals surface area contributed by atoms with E-state index in [1.807, 2.05) is 0 Å². The minimum atomic E-state index is -3.61. The highest BCUT2D eigenvalue weighted by Crippen LogP contribution is 2.24. The average Bonchev–Trinajstić information content (AvgIpc) is 2.82. The molecule has 1 unspecified atom stereocenters. The molecule has 0 amide bonds. The molecule has 0 spiro atoms. The van der Waals surface area contributed by atoms with Crippen LogP contribution < -0.4 is 9.44 Å². The van der Waals surface area contributed by atoms with Crippen LogP contribution in [0, 0.1) is 5.41 Å². The fraction of sp³-hybridized carbons (Fsp3) is 0.900. The van der Waals surface area contributed by atoms with Gasteiger partial charge in [0.15, 0.2) is 0 Å². The van der Waals surface area contributed by atoms with Gasteiger partial charge in [-0.3, -0.25) is 4.79 Å². The normalized spacial score (nSPS) is 19.0. The highest BCUT2D eigenvalue weighted by Gasteiger charge is 2.33. The van der Waals surface area contributed by atoms with Crippen molar-refractivity contribution in [2.75, 3.05) is 0 Å². The smallest absolute Gasteiger partial charge is 0.304 e. The van der Waals surface area contributed by atoms with Gasteiger partial charge in [0.2, 0.25) is 0 Å². The van der Waals surface area contributed by atoms with E-state index in [-0.39, 0.29) is 12.5 Å². The van der Waals surface area contributed by atoms with Crippen molar-refractivity contribution in [2.45, 2.75) is 52.1 Å². The maximum atomic E-state index is 11.7. The van der Waals surface area contributed by atoms with Crippen molar-refractivity contribution in [3.8, 4) is 0 Å². The van der Waals surface area contributed by atoms with Crippen molar-refractivity contribution in [1.82, 2.24) is 9.44 Å². The van der Waals surface area contributed by atoms with E-state index < -0.39 is 27.6 Å². The van der Waals surface area contributed by atoms with Gasteiger partial charge in [0, 0.05) is 12.1 Å². The van der Waals surface area contributed by atoms with Gasteiger partial charge >= 0.3 is 5.97 Å². The quantitative estimate of drug-likeness (QED) is 0.649. The molecular formula is C10H20N2O4S. The lowest BCUT2D eigenvalue weighted by Gasteiger charge is -2.30. The number of carboxylic acid groups (broad SMARTS) is 1. The summed E-state index contributed by atoms with van der Waals surface area (Å²) >= 11 is 0. The third kappa shape index (κ3) is 5.47. The van der Waals surface area contributed by atoms with E-state index in [0.29, 0.717) is 0 Å². The Morgan fingerprint density at radius 3 is 2.29 bits per heavy atom. The highest BCUT2D eigenvalue weighted by molar-refractivity contribution is 7.87. The number of aliphatic carboxylic acids is 1. The Morgan fingerprint density at radius 2 is 1.94 bits per heavy atom. The number of nitrogens with one attached hydrogen (secondary N) is 2. The van der Waals surface area contributed by atoms with Gasteiger partial charge in [-0.2, -0.15) is 17.9 Å². The number of hydrogen-bond donors (Lipinski definition) is 3. The van der Waals surface area contributed by atoms with Crippen LogP contribution in [-0.4, -0.2) is 31.6 Å². The highest BCUT2D eigenvalue weighted by atomic mass is 32.2. The molecule has 0 radical (unpaired) electrons. The predicted octanol–water partition coefficient (Wildman–Crippen LogP) is 0.462. The van der Waals surface area contributed by atoms with E-state index in [4.69, 9.17) is 5.11 Å². The topological polar surface area (TPSA) is 95.5 Å². The molecule has 0 aromatic rings. The first-order valence-corrected chi connectivity index (χ1v) is 7.10. The molecule has 6 nitrogen and oxygen atoms in total. The molecule has 0 saturated heterocycles. The Kier molecular flexibility index (Phi) is 4.16. The molecule has 0 heterocycles. The van der Waals surface area contributed by atoms with Crippen LogP contribution >= 0.6 is 0 Å². The Balaban J connectivity index is 2.67. The van der Waals surface area contributed by atoms with Gasteiger partial charge in [0.25, 0.3) is 10.2 Å². The number of carbonyl (C=O) groups is 1. The Morgan fingerprint density at radius 1 is 1.41 bits per heavy atom. The van der Waals surface area contributed by atoms with Gasteiger partial charge in [0.1, 0.15) is 0 Å². The summed E-state index contributed by atoms with van der Waals surface area (Å²) in [5.41, 5.74) is -0.448. The summed E-state index contributed by atoms with van der Waals surface area (Å²) in [5.74, 6) is -1.01. The largest absolute Gasteiger partial charge is 0.481 e. The zero-order valence-electron chi connectivity index (χ0n) is 10.4. The van der Waals surface area contributed by atoms with E-state index >= 15 is 0 Å². The van der Waals surface area contributed by atoms with Crippen LogP contribution in [0.1, 0.15) is 40.0 Å². The van der Waals surface area contributed by atoms with Gasteiger partial charge in [-0.05, 0) is 18.3 Å². The molecule has 7 heteroatoms. The summed E-state index contributed by atoms with van der Waals surface area (Å²) in [6.45, 7) is 5.42. The number of hydrogen-bond acceptors (Lipinski definition) is 3. The summed E-state index contributed by atoms with van der Waals surface area (Å²) in [7, 11) is -3.61. The molecule has 100 valence electrons. The molecule has 1 atom stereocenters. The third-order valence-corrected chi connectivity index (χ3v) is 3.86. The van der Waals surface area contributed by atoms with Crippen LogP contribution in [0.15, 0.2) is 0 Å². The van der Waals surface area contributed by atoms with Gasteiger partial charge in [-0.15, -0.1) is 0 Å². The Bertz CT molecular complexity index is 382. The second-order valence-corrected chi connectivity index (χ2v) is 7.01. The molecule has 1 saturated carbocycles. The molecule has 1 aliphatic carbocycles. The van der Waals surface area contributed by atoms with Crippen molar-refractivity contribution in [3.63, 3.8) is 0 Å². The first-order chi connectivity index (χ1) is 7.60. The number of carboxylic acids is 1. The first kappa shape index (κ1) is 14.4. The predicted molar refractivity (Wildman–Crippen MR) is 63.7 cm³/mol. The summed E-state index contributed by atoms with van der Waals surface area (Å²) in [6, 6.07) is -0.616. The van der Waals surface area contributed by atoms with Crippen LogP contribution in [0.2, 0.25) is 0 Å². The van der Waals surface area contributed by atoms with E-state index in [1.54, 1.807) is 20.8 Å². The van der Waals surface area contributed by atoms with Gasteiger partial charge < -0.3 is 5.11 Å². The maximum absolute atomic E-state index is 11.7. The van der Waals surface area contributed by atoms with E-state index in [9.17, 15) is 13.2 Å². The molecule has 0 aromatic heterocycles. The second-order valence-electron chi connectivity index (χ2n) is 5.53. The minimum Gasteiger partial charge on any atom is -0.481 e. The molecule has 0 aliphatic heterocycles. The van der Waals surface area contributed by atoms with E-state index in [0.717, 1.165) is 12.8 Å². The Hall–Kier alpha value is -0.660. The number of rotatable bonds is 6. The van der Waals surface area contributed by atoms with Gasteiger partial charge in [-0.25, -0.2) is 0 Å². The molecule has 1 fully saturated rings. The van der Waals surface area contributed by atoms with Crippen molar-refractivity contribution in [1.29, 1.82) is 0 Å². The summed E-state index contributed by atoms with van der Waals surface area (Å²) < 4.78 is 28.3. The molecule has 0 bridgehead atoms. The third-order valence-electron chi connectivity index (χ3n) is 2.62. The molecule has 3 N–H and O–H groups in total. The van der Waals surface area contributed by atoms with Crippen LogP contribution in [0.4, 0.5) is 0 Å². The molecule has 17 heavy (non-hydrogen) atoms. The minimum absolute atomic E-state index is 0.0120. The van der Waals surface area contributed by atoms with Gasteiger partial charge in [0.05, 0.1) is 6.42 Å². The van der Waals surface area contributed by atoms with Crippen LogP contribution in [0.25, 0.3) is 0 Å². The van der Waals surface area contributed by atoms with Crippen molar-refractivity contribution < 1.29 is 18.3 Å². The van der Waals surface area contributed by atoms with Crippen molar-refractivity contribution >= 4 is 16.2 Å². The lowest BCUT2D eigenvalue weighted by atomic mass is 9.85. The summed E-state index contributed by atoms with van der Waals surface area (Å²) in [5, 5.41) is 8.78. The second kappa shape index (κ2) is 4.91. The van der Waals surface area contributed by atoms with Crippen molar-refractivity contribution in [3.05, 3.63) is 0 Å². The van der Waals surface area contributed by atoms with Crippen LogP contribution in [0.3, 0.4) is 0 Å². The molecule has 0 aromatic carbocycles. The SMILES string of the molecule is CC(C)(C)C(CC(=O)O)NS(=O)(=O)NC1CC1. The fourth-order valence-electron chi connectivity index (χ4n) is 1.34. The van der Waals surface area contributed by atoms with Gasteiger partial charge in [-0.1, -0.05) is 20.8 Å². The first-order valence-electron chi connectivity index (χ1n) is 5.61. The monoisotopic (exact) mass is 264 g/mol. The average molecular weight is 264 g/mol. The Labute approximate surface area is 102 Å². The zero-order valence-corrected chi connectivity index (χ0v) is 11.2. The molecular weight excluding hydrogens is 244 g/mol. The fourth-order valence-corrected chi connectivity index (χ4v) is 2.90. The molecule has 1 aliphatic rings. The van der Waals surface area contributed by atoms with E-state index in [1.165, 1.54) is 0 Å². The summed E-state index contributed by atoms with van der Waals surface area (Å²) in [6.07, 6.45) is 1.47. The lowest BCUT2D eigenvalue weighted by molar-refractivity contribution is -0.138. The van der Waals surface area contributed by atoms with Crippen LogP contribution in [-0.2, 0) is 15.0 Å². The maximum Gasteiger partial charge on any atom is 0.304 e. The zero-order chi connectivity index (χ0) is 13.3. The van der Waals surface area contributed by atoms with Crippen molar-refractivity contribution in [2.24, 2.45) is 5.41 Å². The van der Waals surface area contributed by atoms with Crippen LogP contribution in [0.5, 0.6) is 0 Å². The molecule has 1 rings (SSSR count). The lowest BCUT2D eigenvalue weighted by Crippen LogP contribution is -2.49. The summed E-state index contributed by atoms with van der Waals surface area (Å²) in [4.78, 5) is 10.7.